The lowest BCUT2D eigenvalue weighted by Gasteiger charge is -2.41. The standard InChI is InChI=1S/C12H12F12O2/c1-26-8(11(19,20)21,12(22,23)24)6-3-2-5(4-6)7(25,9(13,14)15)10(16,17)18/h5-6,25H,2-4H2,1H3. The summed E-state index contributed by atoms with van der Waals surface area (Å²) in [4.78, 5) is 0. The first-order valence-electron chi connectivity index (χ1n) is 6.81. The van der Waals surface area contributed by atoms with Gasteiger partial charge in [-0.15, -0.1) is 0 Å². The van der Waals surface area contributed by atoms with Crippen molar-refractivity contribution in [3.05, 3.63) is 0 Å². The second kappa shape index (κ2) is 6.31. The second-order valence-electron chi connectivity index (χ2n) is 5.90. The number of ether oxygens (including phenoxy) is 1. The van der Waals surface area contributed by atoms with Gasteiger partial charge in [-0.3, -0.25) is 0 Å². The van der Waals surface area contributed by atoms with Crippen molar-refractivity contribution >= 4 is 0 Å². The first-order chi connectivity index (χ1) is 11.3. The molecule has 0 aromatic heterocycles. The molecule has 14 heteroatoms. The second-order valence-corrected chi connectivity index (χ2v) is 5.90. The molecule has 0 radical (unpaired) electrons. The third kappa shape index (κ3) is 3.22. The summed E-state index contributed by atoms with van der Waals surface area (Å²) in [5, 5.41) is 9.19. The Kier molecular flexibility index (Phi) is 5.61. The quantitative estimate of drug-likeness (QED) is 0.672. The molecule has 2 unspecified atom stereocenters. The molecule has 156 valence electrons. The van der Waals surface area contributed by atoms with Crippen LogP contribution in [0.2, 0.25) is 0 Å². The minimum Gasteiger partial charge on any atom is -0.373 e. The lowest BCUT2D eigenvalue weighted by atomic mass is 9.79. The number of aliphatic hydroxyl groups is 1. The van der Waals surface area contributed by atoms with Gasteiger partial charge in [0.2, 0.25) is 0 Å². The molecule has 0 spiro atoms. The SMILES string of the molecule is COC(C1CCC(C(O)(C(F)(F)F)C(F)(F)F)C1)(C(F)(F)F)C(F)(F)F. The number of rotatable bonds is 3. The third-order valence-electron chi connectivity index (χ3n) is 4.63. The van der Waals surface area contributed by atoms with Crippen LogP contribution in [-0.2, 0) is 4.74 Å². The normalized spacial score (nSPS) is 24.2. The minimum atomic E-state index is -6.35. The van der Waals surface area contributed by atoms with Gasteiger partial charge in [0.1, 0.15) is 0 Å². The van der Waals surface area contributed by atoms with E-state index >= 15 is 0 Å². The Labute approximate surface area is 138 Å². The van der Waals surface area contributed by atoms with Gasteiger partial charge in [0.15, 0.2) is 0 Å². The van der Waals surface area contributed by atoms with Crippen LogP contribution in [0.15, 0.2) is 0 Å². The molecule has 1 aliphatic carbocycles. The van der Waals surface area contributed by atoms with Crippen LogP contribution < -0.4 is 0 Å². The average molecular weight is 416 g/mol. The molecule has 2 atom stereocenters. The molecule has 0 saturated heterocycles. The molecule has 1 fully saturated rings. The zero-order valence-electron chi connectivity index (χ0n) is 12.7. The highest BCUT2D eigenvalue weighted by atomic mass is 19.4. The molecule has 1 N–H and O–H groups in total. The van der Waals surface area contributed by atoms with Crippen LogP contribution in [0.25, 0.3) is 0 Å². The Bertz CT molecular complexity index is 472. The summed E-state index contributed by atoms with van der Waals surface area (Å²) in [5.74, 6) is -5.75. The highest BCUT2D eigenvalue weighted by Crippen LogP contribution is 2.59. The number of alkyl halides is 12. The zero-order valence-corrected chi connectivity index (χ0v) is 12.7. The molecule has 1 saturated carbocycles. The van der Waals surface area contributed by atoms with E-state index < -0.39 is 67.0 Å². The smallest absolute Gasteiger partial charge is 0.373 e. The van der Waals surface area contributed by atoms with Crippen molar-refractivity contribution < 1.29 is 62.5 Å². The van der Waals surface area contributed by atoms with Gasteiger partial charge in [0.25, 0.3) is 11.2 Å². The highest BCUT2D eigenvalue weighted by Gasteiger charge is 2.79. The van der Waals surface area contributed by atoms with E-state index in [0.29, 0.717) is 0 Å². The van der Waals surface area contributed by atoms with Gasteiger partial charge >= 0.3 is 24.7 Å². The summed E-state index contributed by atoms with van der Waals surface area (Å²) >= 11 is 0. The number of halogens is 12. The van der Waals surface area contributed by atoms with Crippen molar-refractivity contribution in [3.63, 3.8) is 0 Å². The van der Waals surface area contributed by atoms with Crippen LogP contribution in [0.4, 0.5) is 52.7 Å². The Morgan fingerprint density at radius 3 is 1.27 bits per heavy atom. The van der Waals surface area contributed by atoms with Crippen molar-refractivity contribution in [2.24, 2.45) is 11.8 Å². The summed E-state index contributed by atoms with van der Waals surface area (Å²) in [6, 6.07) is 0. The zero-order chi connectivity index (χ0) is 21.0. The molecule has 1 rings (SSSR count). The monoisotopic (exact) mass is 416 g/mol. The average Bonchev–Trinajstić information content (AvgIpc) is 2.82. The molecule has 0 heterocycles. The Morgan fingerprint density at radius 2 is 1.00 bits per heavy atom. The van der Waals surface area contributed by atoms with Gasteiger partial charge in [-0.25, -0.2) is 0 Å². The van der Waals surface area contributed by atoms with Gasteiger partial charge in [-0.05, 0) is 19.3 Å². The number of hydrogen-bond donors (Lipinski definition) is 1. The first-order valence-corrected chi connectivity index (χ1v) is 6.81. The predicted molar refractivity (Wildman–Crippen MR) is 59.7 cm³/mol. The lowest BCUT2D eigenvalue weighted by molar-refractivity contribution is -0.396. The maximum Gasteiger partial charge on any atom is 0.426 e. The molecule has 0 aromatic carbocycles. The van der Waals surface area contributed by atoms with Crippen molar-refractivity contribution in [2.45, 2.75) is 55.2 Å². The van der Waals surface area contributed by atoms with Crippen LogP contribution in [0.1, 0.15) is 19.3 Å². The van der Waals surface area contributed by atoms with E-state index in [9.17, 15) is 57.8 Å². The van der Waals surface area contributed by atoms with E-state index in [1.807, 2.05) is 0 Å². The van der Waals surface area contributed by atoms with Crippen LogP contribution in [-0.4, -0.2) is 48.1 Å². The van der Waals surface area contributed by atoms with Gasteiger partial charge in [0.05, 0.1) is 0 Å². The first kappa shape index (κ1) is 23.1. The Morgan fingerprint density at radius 1 is 0.654 bits per heavy atom. The fourth-order valence-electron chi connectivity index (χ4n) is 3.38. The highest BCUT2D eigenvalue weighted by molar-refractivity contribution is 5.09. The number of methoxy groups -OCH3 is 1. The van der Waals surface area contributed by atoms with Gasteiger partial charge in [0, 0.05) is 18.9 Å². The molecular weight excluding hydrogens is 404 g/mol. The molecule has 0 amide bonds. The van der Waals surface area contributed by atoms with Crippen molar-refractivity contribution in [1.29, 1.82) is 0 Å². The molecule has 0 aromatic rings. The third-order valence-corrected chi connectivity index (χ3v) is 4.63. The van der Waals surface area contributed by atoms with Gasteiger partial charge < -0.3 is 9.84 Å². The van der Waals surface area contributed by atoms with Gasteiger partial charge in [-0.2, -0.15) is 52.7 Å². The fourth-order valence-corrected chi connectivity index (χ4v) is 3.38. The van der Waals surface area contributed by atoms with E-state index in [4.69, 9.17) is 0 Å². The van der Waals surface area contributed by atoms with Crippen molar-refractivity contribution in [2.75, 3.05) is 7.11 Å². The summed E-state index contributed by atoms with van der Waals surface area (Å²) in [6.45, 7) is 0. The summed E-state index contributed by atoms with van der Waals surface area (Å²) in [5.41, 5.74) is -10.4. The molecule has 0 bridgehead atoms. The van der Waals surface area contributed by atoms with E-state index in [-0.39, 0.29) is 7.11 Å². The topological polar surface area (TPSA) is 29.5 Å². The largest absolute Gasteiger partial charge is 0.426 e. The van der Waals surface area contributed by atoms with Crippen molar-refractivity contribution in [1.82, 2.24) is 0 Å². The van der Waals surface area contributed by atoms with Crippen LogP contribution >= 0.6 is 0 Å². The van der Waals surface area contributed by atoms with E-state index in [2.05, 4.69) is 4.74 Å². The molecular formula is C12H12F12O2. The van der Waals surface area contributed by atoms with Crippen LogP contribution in [0.3, 0.4) is 0 Å². The Balaban J connectivity index is 3.39. The summed E-state index contributed by atoms with van der Waals surface area (Å²) < 4.78 is 159. The number of hydrogen-bond acceptors (Lipinski definition) is 2. The Hall–Kier alpha value is -0.920. The van der Waals surface area contributed by atoms with E-state index in [1.165, 1.54) is 0 Å². The van der Waals surface area contributed by atoms with Gasteiger partial charge in [-0.1, -0.05) is 0 Å². The molecule has 1 aliphatic rings. The van der Waals surface area contributed by atoms with Crippen molar-refractivity contribution in [3.8, 4) is 0 Å². The molecule has 2 nitrogen and oxygen atoms in total. The predicted octanol–water partition coefficient (Wildman–Crippen LogP) is 4.77. The maximum absolute atomic E-state index is 13.1. The maximum atomic E-state index is 13.1. The van der Waals surface area contributed by atoms with E-state index in [1.54, 1.807) is 0 Å². The minimum absolute atomic E-state index is 0.00796. The van der Waals surface area contributed by atoms with Crippen LogP contribution in [0.5, 0.6) is 0 Å². The van der Waals surface area contributed by atoms with Crippen LogP contribution in [0, 0.1) is 11.8 Å². The summed E-state index contributed by atoms with van der Waals surface area (Å²) in [6.07, 6.45) is -29.5. The molecule has 26 heavy (non-hydrogen) atoms. The van der Waals surface area contributed by atoms with E-state index in [0.717, 1.165) is 0 Å². The fraction of sp³-hybridized carbons (Fsp3) is 1.00. The lowest BCUT2D eigenvalue weighted by Crippen LogP contribution is -2.64. The summed E-state index contributed by atoms with van der Waals surface area (Å²) in [7, 11) is 0.00796. The molecule has 0 aliphatic heterocycles.